The first-order chi connectivity index (χ1) is 14.6. The first kappa shape index (κ1) is 24.9. The molecule has 1 atom stereocenters. The molecule has 0 aromatic carbocycles. The van der Waals surface area contributed by atoms with Gasteiger partial charge in [0.05, 0.1) is 26.4 Å². The number of ether oxygens (including phenoxy) is 2. The molecule has 0 spiro atoms. The predicted octanol–water partition coefficient (Wildman–Crippen LogP) is 1.19. The van der Waals surface area contributed by atoms with Gasteiger partial charge in [-0.15, -0.1) is 0 Å². The second kappa shape index (κ2) is 10.8. The van der Waals surface area contributed by atoms with Gasteiger partial charge in [0.25, 0.3) is 0 Å². The number of methoxy groups -OCH3 is 1. The van der Waals surface area contributed by atoms with E-state index in [1.807, 2.05) is 32.7 Å². The zero-order valence-corrected chi connectivity index (χ0v) is 19.4. The Bertz CT molecular complexity index is 704. The molecule has 10 nitrogen and oxygen atoms in total. The second-order valence-corrected chi connectivity index (χ2v) is 9.44. The van der Waals surface area contributed by atoms with Crippen LogP contribution in [0, 0.1) is 16.7 Å². The minimum atomic E-state index is -0.899. The number of likely N-dealkylation sites (tertiary alicyclic amines) is 1. The quantitative estimate of drug-likeness (QED) is 0.500. The lowest BCUT2D eigenvalue weighted by Gasteiger charge is -2.37. The van der Waals surface area contributed by atoms with Crippen LogP contribution in [0.5, 0.6) is 0 Å². The van der Waals surface area contributed by atoms with Crippen LogP contribution in [0.3, 0.4) is 0 Å². The van der Waals surface area contributed by atoms with E-state index in [-0.39, 0.29) is 18.7 Å². The van der Waals surface area contributed by atoms with Crippen molar-refractivity contribution < 1.29 is 20.5 Å². The number of hydrogen-bond acceptors (Lipinski definition) is 7. The lowest BCUT2D eigenvalue weighted by molar-refractivity contribution is -0.124. The molecule has 2 aliphatic heterocycles. The molecule has 0 aromatic heterocycles. The molecule has 2 saturated heterocycles. The van der Waals surface area contributed by atoms with E-state index < -0.39 is 17.7 Å². The van der Waals surface area contributed by atoms with Gasteiger partial charge in [-0.1, -0.05) is 20.8 Å². The van der Waals surface area contributed by atoms with E-state index in [2.05, 4.69) is 26.6 Å². The molecule has 2 rings (SSSR count). The Morgan fingerprint density at radius 2 is 1.87 bits per heavy atom. The van der Waals surface area contributed by atoms with E-state index in [0.29, 0.717) is 45.6 Å². The third kappa shape index (κ3) is 7.67. The highest BCUT2D eigenvalue weighted by atomic mass is 16.5. The molecule has 31 heavy (non-hydrogen) atoms. The summed E-state index contributed by atoms with van der Waals surface area (Å²) in [4.78, 5) is 33.9. The maximum atomic E-state index is 13.3. The van der Waals surface area contributed by atoms with Crippen molar-refractivity contribution in [3.05, 3.63) is 0 Å². The number of hydrogen-bond donors (Lipinski definition) is 2. The van der Waals surface area contributed by atoms with Crippen molar-refractivity contribution in [1.29, 1.82) is 5.26 Å². The molecule has 0 aliphatic carbocycles. The summed E-state index contributed by atoms with van der Waals surface area (Å²) in [6.07, 6.45) is 0.934. The number of morpholine rings is 1. The van der Waals surface area contributed by atoms with Crippen molar-refractivity contribution in [3.63, 3.8) is 0 Å². The van der Waals surface area contributed by atoms with Gasteiger partial charge in [-0.25, -0.2) is 9.79 Å². The van der Waals surface area contributed by atoms with Gasteiger partial charge in [-0.3, -0.25) is 10.1 Å². The lowest BCUT2D eigenvalue weighted by Crippen LogP contribution is -2.56. The highest BCUT2D eigenvalue weighted by Crippen LogP contribution is 2.25. The van der Waals surface area contributed by atoms with Crippen LogP contribution < -0.4 is 10.6 Å². The molecule has 2 heterocycles. The third-order valence-corrected chi connectivity index (χ3v) is 5.51. The summed E-state index contributed by atoms with van der Waals surface area (Å²) in [6, 6.07) is 1.56. The lowest BCUT2D eigenvalue weighted by atomic mass is 9.86. The minimum Gasteiger partial charge on any atom is -0.453 e. The third-order valence-electron chi connectivity index (χ3n) is 5.51. The maximum Gasteiger partial charge on any atom is 0.413 e. The Hall–Kier alpha value is -2.38. The van der Waals surface area contributed by atoms with Gasteiger partial charge in [-0.2, -0.15) is 5.26 Å². The fourth-order valence-electron chi connectivity index (χ4n) is 3.62. The number of carbonyl (C=O) groups excluding carboxylic acids is 2. The standard InChI is InChI=1S/C21H36N6O4.H2/c1-20(2,3)14-16(17(28)25-21(15-22)6-8-26(4)9-7-21)23-18(24-19(29)30-5)27-10-12-31-13-11-27;/h16H,6-14H2,1-5H3,(H,25,28)(H,23,24,29);1H/t16-;/m0./s1. The monoisotopic (exact) mass is 438 g/mol. The largest absolute Gasteiger partial charge is 0.453 e. The molecule has 2 fully saturated rings. The van der Waals surface area contributed by atoms with Crippen molar-refractivity contribution in [2.45, 2.75) is 51.6 Å². The van der Waals surface area contributed by atoms with Crippen LogP contribution >= 0.6 is 0 Å². The number of amides is 2. The Morgan fingerprint density at radius 3 is 2.39 bits per heavy atom. The number of nitriles is 1. The normalized spacial score (nSPS) is 21.0. The Morgan fingerprint density at radius 1 is 1.26 bits per heavy atom. The van der Waals surface area contributed by atoms with Crippen LogP contribution in [-0.4, -0.2) is 92.9 Å². The number of alkyl carbamates (subject to hydrolysis) is 1. The van der Waals surface area contributed by atoms with Gasteiger partial charge >= 0.3 is 6.09 Å². The van der Waals surface area contributed by atoms with Crippen molar-refractivity contribution in [3.8, 4) is 6.07 Å². The first-order valence-corrected chi connectivity index (χ1v) is 10.7. The molecule has 2 amide bonds. The van der Waals surface area contributed by atoms with Gasteiger partial charge in [0.15, 0.2) is 0 Å². The number of rotatable bonds is 4. The van der Waals surface area contributed by atoms with Crippen molar-refractivity contribution >= 4 is 18.0 Å². The first-order valence-electron chi connectivity index (χ1n) is 10.7. The van der Waals surface area contributed by atoms with E-state index in [4.69, 9.17) is 9.47 Å². The number of piperidine rings is 1. The summed E-state index contributed by atoms with van der Waals surface area (Å²) in [5, 5.41) is 15.4. The Balaban J connectivity index is 0.00000512. The molecule has 0 saturated carbocycles. The molecule has 0 aromatic rings. The van der Waals surface area contributed by atoms with Crippen LogP contribution in [0.2, 0.25) is 0 Å². The summed E-state index contributed by atoms with van der Waals surface area (Å²) < 4.78 is 10.1. The summed E-state index contributed by atoms with van der Waals surface area (Å²) >= 11 is 0. The summed E-state index contributed by atoms with van der Waals surface area (Å²) in [7, 11) is 3.28. The van der Waals surface area contributed by atoms with Gasteiger partial charge in [-0.05, 0) is 31.7 Å². The van der Waals surface area contributed by atoms with Crippen LogP contribution in [0.25, 0.3) is 0 Å². The van der Waals surface area contributed by atoms with E-state index in [1.165, 1.54) is 7.11 Å². The summed E-state index contributed by atoms with van der Waals surface area (Å²) in [5.74, 6) is -0.0209. The highest BCUT2D eigenvalue weighted by Gasteiger charge is 2.38. The van der Waals surface area contributed by atoms with Gasteiger partial charge in [0.1, 0.15) is 11.6 Å². The van der Waals surface area contributed by atoms with E-state index in [1.54, 1.807) is 0 Å². The number of guanidine groups is 1. The average Bonchev–Trinajstić information content (AvgIpc) is 2.74. The zero-order valence-electron chi connectivity index (χ0n) is 19.4. The minimum absolute atomic E-state index is 0. The molecule has 0 radical (unpaired) electrons. The van der Waals surface area contributed by atoms with Gasteiger partial charge in [0, 0.05) is 27.6 Å². The van der Waals surface area contributed by atoms with Gasteiger partial charge < -0.3 is 24.6 Å². The van der Waals surface area contributed by atoms with Crippen LogP contribution in [0.1, 0.15) is 41.5 Å². The number of nitrogens with one attached hydrogen (secondary N) is 2. The second-order valence-electron chi connectivity index (χ2n) is 9.44. The Labute approximate surface area is 186 Å². The van der Waals surface area contributed by atoms with E-state index >= 15 is 0 Å². The fourth-order valence-corrected chi connectivity index (χ4v) is 3.62. The molecule has 2 N–H and O–H groups in total. The van der Waals surface area contributed by atoms with Crippen molar-refractivity contribution in [2.24, 2.45) is 10.4 Å². The molecule has 10 heteroatoms. The van der Waals surface area contributed by atoms with Crippen LogP contribution in [-0.2, 0) is 14.3 Å². The topological polar surface area (TPSA) is 119 Å². The molecule has 176 valence electrons. The molecular formula is C21H38N6O4. The molecule has 0 unspecified atom stereocenters. The van der Waals surface area contributed by atoms with E-state index in [9.17, 15) is 14.9 Å². The van der Waals surface area contributed by atoms with Crippen LogP contribution in [0.4, 0.5) is 4.79 Å². The maximum absolute atomic E-state index is 13.3. The fraction of sp³-hybridized carbons (Fsp3) is 0.810. The summed E-state index contributed by atoms with van der Waals surface area (Å²) in [6.45, 7) is 9.66. The zero-order chi connectivity index (χ0) is 23.1. The highest BCUT2D eigenvalue weighted by molar-refractivity contribution is 5.96. The smallest absolute Gasteiger partial charge is 0.413 e. The Kier molecular flexibility index (Phi) is 8.65. The predicted molar refractivity (Wildman–Crippen MR) is 119 cm³/mol. The molecule has 2 aliphatic rings. The average molecular weight is 439 g/mol. The van der Waals surface area contributed by atoms with Crippen LogP contribution in [0.15, 0.2) is 4.99 Å². The number of nitrogens with zero attached hydrogens (tertiary/aromatic N) is 4. The SMILES string of the molecule is COC(=O)NC(=N[C@@H](CC(C)(C)C)C(=O)NC1(C#N)CCN(C)CC1)N1CCOCC1.[HH]. The number of aliphatic imine (C=N–C) groups is 1. The number of carbonyl (C=O) groups is 2. The molecular weight excluding hydrogens is 400 g/mol. The van der Waals surface area contributed by atoms with Gasteiger partial charge in [0.2, 0.25) is 11.9 Å². The summed E-state index contributed by atoms with van der Waals surface area (Å²) in [5.41, 5.74) is -1.09. The molecule has 0 bridgehead atoms. The van der Waals surface area contributed by atoms with Crippen molar-refractivity contribution in [1.82, 2.24) is 20.4 Å². The van der Waals surface area contributed by atoms with E-state index in [0.717, 1.165) is 13.1 Å². The van der Waals surface area contributed by atoms with Crippen molar-refractivity contribution in [2.75, 3.05) is 53.6 Å².